The molecule has 1 aromatic rings. The van der Waals surface area contributed by atoms with Crippen LogP contribution in [0.15, 0.2) is 10.8 Å². The van der Waals surface area contributed by atoms with Gasteiger partial charge in [0.15, 0.2) is 6.39 Å². The summed E-state index contributed by atoms with van der Waals surface area (Å²) in [6.45, 7) is 10.3. The molecule has 1 saturated heterocycles. The summed E-state index contributed by atoms with van der Waals surface area (Å²) in [4.78, 5) is 33.0. The lowest BCUT2D eigenvalue weighted by Gasteiger charge is -2.44. The summed E-state index contributed by atoms with van der Waals surface area (Å²) in [5.74, 6) is 0.574. The van der Waals surface area contributed by atoms with E-state index in [1.54, 1.807) is 9.80 Å². The summed E-state index contributed by atoms with van der Waals surface area (Å²) in [6, 6.07) is -0.260. The van der Waals surface area contributed by atoms with Crippen LogP contribution in [0.4, 0.5) is 4.79 Å². The lowest BCUT2D eigenvalue weighted by Crippen LogP contribution is -2.60. The summed E-state index contributed by atoms with van der Waals surface area (Å²) in [5, 5.41) is 0. The van der Waals surface area contributed by atoms with Gasteiger partial charge in [-0.05, 0) is 47.5 Å². The molecule has 2 aliphatic rings. The summed E-state index contributed by atoms with van der Waals surface area (Å²) < 4.78 is 10.9. The minimum Gasteiger partial charge on any atom is -0.444 e. The van der Waals surface area contributed by atoms with E-state index >= 15 is 0 Å². The van der Waals surface area contributed by atoms with Crippen molar-refractivity contribution in [2.24, 2.45) is 0 Å². The Kier molecular flexibility index (Phi) is 4.51. The maximum Gasteiger partial charge on any atom is 0.410 e. The van der Waals surface area contributed by atoms with Gasteiger partial charge in [0.2, 0.25) is 5.76 Å². The van der Waals surface area contributed by atoms with Gasteiger partial charge in [0, 0.05) is 19.0 Å². The number of carbonyl (C=O) groups excluding carboxylic acids is 2. The third-order valence-electron chi connectivity index (χ3n) is 4.56. The Hall–Kier alpha value is -2.05. The highest BCUT2D eigenvalue weighted by Crippen LogP contribution is 2.41. The second-order valence-electron chi connectivity index (χ2n) is 8.14. The fourth-order valence-electron chi connectivity index (χ4n) is 3.37. The lowest BCUT2D eigenvalue weighted by molar-refractivity contribution is -0.0134. The monoisotopic (exact) mass is 349 g/mol. The van der Waals surface area contributed by atoms with Gasteiger partial charge in [-0.2, -0.15) is 0 Å². The van der Waals surface area contributed by atoms with E-state index in [2.05, 4.69) is 4.98 Å². The van der Waals surface area contributed by atoms with Gasteiger partial charge in [-0.15, -0.1) is 0 Å². The number of aromatic nitrogens is 1. The van der Waals surface area contributed by atoms with E-state index in [1.807, 2.05) is 34.6 Å². The average molecular weight is 349 g/mol. The van der Waals surface area contributed by atoms with E-state index in [9.17, 15) is 9.59 Å². The van der Waals surface area contributed by atoms with Gasteiger partial charge in [-0.25, -0.2) is 9.78 Å². The van der Waals surface area contributed by atoms with Gasteiger partial charge < -0.3 is 14.1 Å². The van der Waals surface area contributed by atoms with Crippen molar-refractivity contribution in [1.29, 1.82) is 0 Å². The van der Waals surface area contributed by atoms with Crippen molar-refractivity contribution in [3.8, 4) is 0 Å². The molecular formula is C18H27N3O4. The smallest absolute Gasteiger partial charge is 0.410 e. The van der Waals surface area contributed by atoms with Gasteiger partial charge in [-0.1, -0.05) is 0 Å². The van der Waals surface area contributed by atoms with Crippen LogP contribution in [-0.2, 0) is 4.74 Å². The van der Waals surface area contributed by atoms with Crippen molar-refractivity contribution in [3.05, 3.63) is 17.8 Å². The van der Waals surface area contributed by atoms with Crippen LogP contribution in [0.25, 0.3) is 0 Å². The highest BCUT2D eigenvalue weighted by Gasteiger charge is 2.40. The van der Waals surface area contributed by atoms with Crippen LogP contribution < -0.4 is 0 Å². The zero-order valence-corrected chi connectivity index (χ0v) is 15.6. The molecule has 1 aliphatic carbocycles. The van der Waals surface area contributed by atoms with E-state index in [0.29, 0.717) is 24.8 Å². The molecule has 1 saturated carbocycles. The number of hydrogen-bond acceptors (Lipinski definition) is 5. The minimum absolute atomic E-state index is 0.130. The molecule has 2 atom stereocenters. The van der Waals surface area contributed by atoms with Crippen LogP contribution >= 0.6 is 0 Å². The molecule has 138 valence electrons. The molecule has 0 N–H and O–H groups in total. The third-order valence-corrected chi connectivity index (χ3v) is 4.56. The molecule has 0 aromatic carbocycles. The molecular weight excluding hydrogens is 322 g/mol. The first kappa shape index (κ1) is 17.8. The first-order valence-electron chi connectivity index (χ1n) is 8.91. The molecule has 0 spiro atoms. The Morgan fingerprint density at radius 3 is 2.32 bits per heavy atom. The van der Waals surface area contributed by atoms with E-state index < -0.39 is 5.60 Å². The summed E-state index contributed by atoms with van der Waals surface area (Å²) >= 11 is 0. The molecule has 0 unspecified atom stereocenters. The highest BCUT2D eigenvalue weighted by molar-refractivity contribution is 5.93. The number of amides is 2. The maximum absolute atomic E-state index is 12.9. The Labute approximate surface area is 148 Å². The maximum atomic E-state index is 12.9. The predicted octanol–water partition coefficient (Wildman–Crippen LogP) is 3.02. The van der Waals surface area contributed by atoms with Gasteiger partial charge in [-0.3, -0.25) is 9.69 Å². The number of carbonyl (C=O) groups is 2. The molecule has 25 heavy (non-hydrogen) atoms. The third kappa shape index (κ3) is 3.80. The molecule has 1 aliphatic heterocycles. The average Bonchev–Trinajstić information content (AvgIpc) is 3.21. The Balaban J connectivity index is 1.70. The number of piperazine rings is 1. The second kappa shape index (κ2) is 6.35. The molecule has 2 heterocycles. The molecule has 0 bridgehead atoms. The molecule has 1 aromatic heterocycles. The summed E-state index contributed by atoms with van der Waals surface area (Å²) in [5.41, 5.74) is 0.238. The van der Waals surface area contributed by atoms with Gasteiger partial charge in [0.1, 0.15) is 5.60 Å². The van der Waals surface area contributed by atoms with Crippen LogP contribution in [-0.4, -0.2) is 57.6 Å². The quantitative estimate of drug-likeness (QED) is 0.820. The zero-order chi connectivity index (χ0) is 18.4. The number of oxazole rings is 1. The second-order valence-corrected chi connectivity index (χ2v) is 8.14. The SMILES string of the molecule is C[C@H]1CN(C(=O)c2ocnc2C2CC2)C[C@H](C)N1C(=O)OC(C)(C)C. The Bertz CT molecular complexity index is 648. The first-order valence-corrected chi connectivity index (χ1v) is 8.91. The molecule has 7 nitrogen and oxygen atoms in total. The molecule has 0 radical (unpaired) electrons. The lowest BCUT2D eigenvalue weighted by atomic mass is 10.1. The topological polar surface area (TPSA) is 75.9 Å². The number of hydrogen-bond donors (Lipinski definition) is 0. The van der Waals surface area contributed by atoms with Crippen molar-refractivity contribution < 1.29 is 18.7 Å². The summed E-state index contributed by atoms with van der Waals surface area (Å²) in [6.07, 6.45) is 3.14. The first-order chi connectivity index (χ1) is 11.7. The van der Waals surface area contributed by atoms with Gasteiger partial charge >= 0.3 is 6.09 Å². The Morgan fingerprint density at radius 1 is 1.20 bits per heavy atom. The van der Waals surface area contributed by atoms with E-state index in [-0.39, 0.29) is 24.1 Å². The van der Waals surface area contributed by atoms with Crippen LogP contribution in [0.5, 0.6) is 0 Å². The van der Waals surface area contributed by atoms with Crippen LogP contribution in [0, 0.1) is 0 Å². The largest absolute Gasteiger partial charge is 0.444 e. The number of rotatable bonds is 2. The molecule has 3 rings (SSSR count). The zero-order valence-electron chi connectivity index (χ0n) is 15.6. The van der Waals surface area contributed by atoms with Crippen LogP contribution in [0.1, 0.15) is 69.6 Å². The Morgan fingerprint density at radius 2 is 1.80 bits per heavy atom. The molecule has 2 fully saturated rings. The van der Waals surface area contributed by atoms with Crippen molar-refractivity contribution >= 4 is 12.0 Å². The van der Waals surface area contributed by atoms with Crippen LogP contribution in [0.2, 0.25) is 0 Å². The van der Waals surface area contributed by atoms with E-state index in [1.165, 1.54) is 6.39 Å². The number of ether oxygens (including phenoxy) is 1. The van der Waals surface area contributed by atoms with Gasteiger partial charge in [0.25, 0.3) is 5.91 Å². The minimum atomic E-state index is -0.539. The fraction of sp³-hybridized carbons (Fsp3) is 0.722. The van der Waals surface area contributed by atoms with Crippen molar-refractivity contribution in [2.45, 2.75) is 71.1 Å². The number of nitrogens with zero attached hydrogens (tertiary/aromatic N) is 3. The van der Waals surface area contributed by atoms with E-state index in [0.717, 1.165) is 18.5 Å². The molecule has 7 heteroatoms. The molecule has 2 amide bonds. The van der Waals surface area contributed by atoms with E-state index in [4.69, 9.17) is 9.15 Å². The normalized spacial score (nSPS) is 24.4. The van der Waals surface area contributed by atoms with Crippen molar-refractivity contribution in [2.75, 3.05) is 13.1 Å². The van der Waals surface area contributed by atoms with Crippen LogP contribution in [0.3, 0.4) is 0 Å². The fourth-order valence-corrected chi connectivity index (χ4v) is 3.37. The van der Waals surface area contributed by atoms with Gasteiger partial charge in [0.05, 0.1) is 17.8 Å². The van der Waals surface area contributed by atoms with Crippen molar-refractivity contribution in [3.63, 3.8) is 0 Å². The summed E-state index contributed by atoms with van der Waals surface area (Å²) in [7, 11) is 0. The predicted molar refractivity (Wildman–Crippen MR) is 91.4 cm³/mol. The highest BCUT2D eigenvalue weighted by atomic mass is 16.6. The van der Waals surface area contributed by atoms with Crippen molar-refractivity contribution in [1.82, 2.24) is 14.8 Å². The standard InChI is InChI=1S/C18H27N3O4/c1-11-8-20(9-12(2)21(11)17(23)25-18(3,4)5)16(22)15-14(13-6-7-13)19-10-24-15/h10-13H,6-9H2,1-5H3/t11-,12-/m0/s1.